The Hall–Kier alpha value is -0.680. The second-order valence-electron chi connectivity index (χ2n) is 2.36. The average molecular weight is 207 g/mol. The van der Waals surface area contributed by atoms with E-state index in [4.69, 9.17) is 0 Å². The van der Waals surface area contributed by atoms with Crippen LogP contribution in [-0.2, 0) is 11.2 Å². The Morgan fingerprint density at radius 2 is 1.62 bits per heavy atom. The van der Waals surface area contributed by atoms with Crippen LogP contribution >= 0.6 is 0 Å². The number of alkyl halides is 3. The normalized spacial score (nSPS) is 14.2. The summed E-state index contributed by atoms with van der Waals surface area (Å²) in [4.78, 5) is -0.250. The molecule has 71 valence electrons. The largest absolute Gasteiger partial charge is 0.604 e. The number of benzene rings is 1. The van der Waals surface area contributed by atoms with Gasteiger partial charge >= 0.3 is 5.51 Å². The van der Waals surface area contributed by atoms with Crippen LogP contribution in [0.25, 0.3) is 0 Å². The lowest BCUT2D eigenvalue weighted by Crippen LogP contribution is -2.23. The zero-order valence-electron chi connectivity index (χ0n) is 6.47. The molecule has 0 amide bonds. The SMILES string of the molecule is [CH2]c1ccc([S+]([O-])C(F)(F)F)cc1. The van der Waals surface area contributed by atoms with Gasteiger partial charge in [0.05, 0.1) is 11.2 Å². The van der Waals surface area contributed by atoms with Crippen molar-refractivity contribution in [2.75, 3.05) is 0 Å². The second kappa shape index (κ2) is 3.59. The van der Waals surface area contributed by atoms with E-state index in [1.807, 2.05) is 0 Å². The van der Waals surface area contributed by atoms with Gasteiger partial charge in [-0.15, -0.1) is 13.2 Å². The molecule has 1 aromatic rings. The van der Waals surface area contributed by atoms with Crippen molar-refractivity contribution in [3.8, 4) is 0 Å². The van der Waals surface area contributed by atoms with Gasteiger partial charge in [0.25, 0.3) is 0 Å². The highest BCUT2D eigenvalue weighted by molar-refractivity contribution is 7.92. The van der Waals surface area contributed by atoms with E-state index >= 15 is 0 Å². The first-order chi connectivity index (χ1) is 5.91. The molecule has 1 rings (SSSR count). The van der Waals surface area contributed by atoms with Crippen LogP contribution in [0.4, 0.5) is 13.2 Å². The van der Waals surface area contributed by atoms with Crippen molar-refractivity contribution in [3.63, 3.8) is 0 Å². The molecular formula is C8H6F3OS. The van der Waals surface area contributed by atoms with Crippen LogP contribution in [0.3, 0.4) is 0 Å². The van der Waals surface area contributed by atoms with Crippen LogP contribution in [0.15, 0.2) is 29.2 Å². The summed E-state index contributed by atoms with van der Waals surface area (Å²) in [7, 11) is 0. The van der Waals surface area contributed by atoms with Gasteiger partial charge in [-0.25, -0.2) is 0 Å². The molecule has 0 aromatic heterocycles. The lowest BCUT2D eigenvalue weighted by atomic mass is 10.2. The van der Waals surface area contributed by atoms with E-state index in [-0.39, 0.29) is 4.90 Å². The molecule has 0 bridgehead atoms. The van der Waals surface area contributed by atoms with Crippen molar-refractivity contribution >= 4 is 11.2 Å². The smallest absolute Gasteiger partial charge is 0.578 e. The van der Waals surface area contributed by atoms with Crippen molar-refractivity contribution in [2.24, 2.45) is 0 Å². The van der Waals surface area contributed by atoms with E-state index in [2.05, 4.69) is 6.92 Å². The molecule has 1 atom stereocenters. The third-order valence-electron chi connectivity index (χ3n) is 1.35. The zero-order chi connectivity index (χ0) is 10.1. The van der Waals surface area contributed by atoms with Gasteiger partial charge in [0.15, 0.2) is 4.90 Å². The summed E-state index contributed by atoms with van der Waals surface area (Å²) in [5.41, 5.74) is -4.11. The van der Waals surface area contributed by atoms with Gasteiger partial charge in [0.2, 0.25) is 0 Å². The molecular weight excluding hydrogens is 201 g/mol. The van der Waals surface area contributed by atoms with Gasteiger partial charge in [-0.2, -0.15) is 0 Å². The molecule has 0 heterocycles. The number of hydrogen-bond acceptors (Lipinski definition) is 1. The minimum absolute atomic E-state index is 0.250. The van der Waals surface area contributed by atoms with Gasteiger partial charge in [-0.3, -0.25) is 0 Å². The Morgan fingerprint density at radius 3 is 2.00 bits per heavy atom. The van der Waals surface area contributed by atoms with Gasteiger partial charge in [-0.1, -0.05) is 12.1 Å². The molecule has 1 nitrogen and oxygen atoms in total. The third-order valence-corrected chi connectivity index (χ3v) is 2.47. The second-order valence-corrected chi connectivity index (χ2v) is 3.83. The van der Waals surface area contributed by atoms with Crippen molar-refractivity contribution in [1.82, 2.24) is 0 Å². The zero-order valence-corrected chi connectivity index (χ0v) is 7.28. The first kappa shape index (κ1) is 10.4. The molecule has 0 spiro atoms. The molecule has 13 heavy (non-hydrogen) atoms. The average Bonchev–Trinajstić information content (AvgIpc) is 2.03. The lowest BCUT2D eigenvalue weighted by molar-refractivity contribution is -0.0435. The first-order valence-electron chi connectivity index (χ1n) is 3.32. The first-order valence-corrected chi connectivity index (χ1v) is 4.47. The highest BCUT2D eigenvalue weighted by atomic mass is 32.2. The fraction of sp³-hybridized carbons (Fsp3) is 0.125. The highest BCUT2D eigenvalue weighted by Gasteiger charge is 2.45. The van der Waals surface area contributed by atoms with E-state index in [1.54, 1.807) is 0 Å². The van der Waals surface area contributed by atoms with E-state index in [1.165, 1.54) is 12.1 Å². The van der Waals surface area contributed by atoms with E-state index in [9.17, 15) is 17.7 Å². The Morgan fingerprint density at radius 1 is 1.15 bits per heavy atom. The lowest BCUT2D eigenvalue weighted by Gasteiger charge is -2.11. The summed E-state index contributed by atoms with van der Waals surface area (Å²) in [6, 6.07) is 5.09. The van der Waals surface area contributed by atoms with Crippen LogP contribution in [0.2, 0.25) is 0 Å². The summed E-state index contributed by atoms with van der Waals surface area (Å²) in [5.74, 6) is 0. The van der Waals surface area contributed by atoms with Crippen LogP contribution < -0.4 is 0 Å². The fourth-order valence-corrected chi connectivity index (χ4v) is 1.40. The van der Waals surface area contributed by atoms with Crippen LogP contribution in [0.1, 0.15) is 5.56 Å². The van der Waals surface area contributed by atoms with E-state index in [0.717, 1.165) is 12.1 Å². The monoisotopic (exact) mass is 207 g/mol. The van der Waals surface area contributed by atoms with Crippen molar-refractivity contribution in [3.05, 3.63) is 36.8 Å². The maximum Gasteiger partial charge on any atom is 0.578 e. The predicted octanol–water partition coefficient (Wildman–Crippen LogP) is 2.50. The maximum atomic E-state index is 11.9. The minimum atomic E-state index is -4.69. The minimum Gasteiger partial charge on any atom is -0.604 e. The van der Waals surface area contributed by atoms with Crippen molar-refractivity contribution in [2.45, 2.75) is 10.4 Å². The van der Waals surface area contributed by atoms with Crippen molar-refractivity contribution < 1.29 is 17.7 Å². The van der Waals surface area contributed by atoms with Crippen LogP contribution in [0, 0.1) is 6.92 Å². The summed E-state index contributed by atoms with van der Waals surface area (Å²) in [6.45, 7) is 3.50. The summed E-state index contributed by atoms with van der Waals surface area (Å²) in [5, 5.41) is 0. The van der Waals surface area contributed by atoms with Gasteiger partial charge in [-0.05, 0) is 24.6 Å². The fourth-order valence-electron chi connectivity index (χ4n) is 0.747. The van der Waals surface area contributed by atoms with Crippen molar-refractivity contribution in [1.29, 1.82) is 0 Å². The number of rotatable bonds is 1. The Labute approximate surface area is 76.8 Å². The molecule has 0 saturated heterocycles. The standard InChI is InChI=1S/C8H6F3OS/c1-6-2-4-7(5-3-6)13(12)8(9,10)11/h2-5H,1H2. The van der Waals surface area contributed by atoms with Gasteiger partial charge in [0, 0.05) is 0 Å². The summed E-state index contributed by atoms with van der Waals surface area (Å²) < 4.78 is 46.5. The highest BCUT2D eigenvalue weighted by Crippen LogP contribution is 2.29. The molecule has 5 heteroatoms. The van der Waals surface area contributed by atoms with Gasteiger partial charge in [0.1, 0.15) is 0 Å². The summed E-state index contributed by atoms with van der Waals surface area (Å²) in [6.07, 6.45) is 0. The van der Waals surface area contributed by atoms with Crippen LogP contribution in [0.5, 0.6) is 0 Å². The summed E-state index contributed by atoms with van der Waals surface area (Å²) >= 11 is -2.94. The maximum absolute atomic E-state index is 11.9. The quantitative estimate of drug-likeness (QED) is 0.649. The van der Waals surface area contributed by atoms with E-state index in [0.29, 0.717) is 5.56 Å². The molecule has 0 aliphatic heterocycles. The Balaban J connectivity index is 2.90. The molecule has 0 N–H and O–H groups in total. The third kappa shape index (κ3) is 2.63. The number of halogens is 3. The predicted molar refractivity (Wildman–Crippen MR) is 43.4 cm³/mol. The van der Waals surface area contributed by atoms with Crippen LogP contribution in [-0.4, -0.2) is 10.1 Å². The Kier molecular flexibility index (Phi) is 2.87. The Bertz CT molecular complexity index is 280. The van der Waals surface area contributed by atoms with E-state index < -0.39 is 16.7 Å². The number of hydrogen-bond donors (Lipinski definition) is 0. The van der Waals surface area contributed by atoms with Gasteiger partial charge < -0.3 is 4.55 Å². The molecule has 1 radical (unpaired) electrons. The molecule has 1 aromatic carbocycles. The molecule has 1 unspecified atom stereocenters. The molecule has 0 aliphatic rings. The molecule has 0 fully saturated rings. The molecule has 0 saturated carbocycles. The molecule has 0 aliphatic carbocycles. The topological polar surface area (TPSA) is 23.1 Å².